The highest BCUT2D eigenvalue weighted by Gasteiger charge is 2.43. The van der Waals surface area contributed by atoms with E-state index in [0.29, 0.717) is 41.2 Å². The van der Waals surface area contributed by atoms with Crippen LogP contribution in [0.1, 0.15) is 27.7 Å². The van der Waals surface area contributed by atoms with Crippen molar-refractivity contribution < 1.29 is 54.5 Å². The zero-order chi connectivity index (χ0) is 37.9. The number of fused-ring (bicyclic) bond motifs is 1. The predicted octanol–water partition coefficient (Wildman–Crippen LogP) is 5.25. The van der Waals surface area contributed by atoms with Crippen molar-refractivity contribution in [2.24, 2.45) is 0 Å². The number of esters is 1. The molecular formula is C31H32F5N7O7S. The van der Waals surface area contributed by atoms with Crippen LogP contribution < -0.4 is 14.4 Å². The van der Waals surface area contributed by atoms with Crippen molar-refractivity contribution in [2.75, 3.05) is 36.4 Å². The number of pyridine rings is 2. The van der Waals surface area contributed by atoms with Gasteiger partial charge in [0.2, 0.25) is 5.88 Å². The number of carbonyl (C=O) groups excluding carboxylic acids is 1. The normalized spacial score (nSPS) is 15.1. The third-order valence-electron chi connectivity index (χ3n) is 7.04. The van der Waals surface area contributed by atoms with Gasteiger partial charge in [-0.2, -0.15) is 13.2 Å². The fraction of sp³-hybridized carbons (Fsp3) is 0.355. The van der Waals surface area contributed by atoms with Crippen LogP contribution in [0.4, 0.5) is 38.3 Å². The van der Waals surface area contributed by atoms with Crippen molar-refractivity contribution >= 4 is 44.6 Å². The van der Waals surface area contributed by atoms with Crippen LogP contribution in [-0.4, -0.2) is 95.0 Å². The predicted molar refractivity (Wildman–Crippen MR) is 173 cm³/mol. The monoisotopic (exact) mass is 741 g/mol. The second-order valence-electron chi connectivity index (χ2n) is 12.0. The quantitative estimate of drug-likeness (QED) is 0.194. The Bertz CT molecular complexity index is 2030. The molecule has 5 rings (SSSR count). The Kier molecular flexibility index (Phi) is 11.2. The van der Waals surface area contributed by atoms with Gasteiger partial charge in [0, 0.05) is 37.4 Å². The number of piperazine rings is 1. The lowest BCUT2D eigenvalue weighted by atomic mass is 10.1. The van der Waals surface area contributed by atoms with Gasteiger partial charge in [-0.05, 0) is 58.0 Å². The van der Waals surface area contributed by atoms with Gasteiger partial charge in [-0.3, -0.25) is 4.72 Å². The van der Waals surface area contributed by atoms with Gasteiger partial charge in [-0.15, -0.1) is 0 Å². The minimum Gasteiger partial charge on any atom is -0.480 e. The zero-order valence-electron chi connectivity index (χ0n) is 27.7. The van der Waals surface area contributed by atoms with Gasteiger partial charge in [0.05, 0.1) is 18.3 Å². The number of nitrogens with one attached hydrogen (secondary N) is 1. The van der Waals surface area contributed by atoms with Crippen molar-refractivity contribution in [1.29, 1.82) is 0 Å². The number of ether oxygens (including phenoxy) is 2. The van der Waals surface area contributed by atoms with E-state index in [0.717, 1.165) is 18.2 Å². The lowest BCUT2D eigenvalue weighted by Gasteiger charge is -2.39. The summed E-state index contributed by atoms with van der Waals surface area (Å²) in [4.78, 5) is 41.3. The lowest BCUT2D eigenvalue weighted by molar-refractivity contribution is -0.210. The summed E-state index contributed by atoms with van der Waals surface area (Å²) < 4.78 is 100. The number of alkyl halides is 3. The minimum absolute atomic E-state index is 0.126. The number of hydrogen-bond acceptors (Lipinski definition) is 11. The van der Waals surface area contributed by atoms with Crippen LogP contribution in [-0.2, 0) is 19.6 Å². The van der Waals surface area contributed by atoms with Gasteiger partial charge in [-0.1, -0.05) is 6.07 Å². The van der Waals surface area contributed by atoms with Crippen molar-refractivity contribution in [2.45, 2.75) is 50.4 Å². The molecule has 0 radical (unpaired) electrons. The largest absolute Gasteiger partial charge is 0.490 e. The lowest BCUT2D eigenvalue weighted by Crippen LogP contribution is -2.53. The van der Waals surface area contributed by atoms with E-state index in [2.05, 4.69) is 24.4 Å². The smallest absolute Gasteiger partial charge is 0.480 e. The summed E-state index contributed by atoms with van der Waals surface area (Å²) >= 11 is 0. The number of amides is 1. The highest BCUT2D eigenvalue weighted by Crippen LogP contribution is 2.33. The average molecular weight is 742 g/mol. The Morgan fingerprint density at radius 1 is 1.02 bits per heavy atom. The van der Waals surface area contributed by atoms with Crippen LogP contribution in [0.25, 0.3) is 22.3 Å². The second kappa shape index (κ2) is 14.8. The van der Waals surface area contributed by atoms with E-state index in [1.807, 2.05) is 11.8 Å². The van der Waals surface area contributed by atoms with E-state index in [-0.39, 0.29) is 24.2 Å². The molecule has 0 saturated carbocycles. The van der Waals surface area contributed by atoms with E-state index in [1.54, 1.807) is 12.1 Å². The summed E-state index contributed by atoms with van der Waals surface area (Å²) in [7, 11) is -3.42. The molecule has 0 unspecified atom stereocenters. The Morgan fingerprint density at radius 3 is 2.24 bits per heavy atom. The SMILES string of the molecule is CC(C)(C)OC(=O)C(F)(F)F.COc1ncc(-c2ccc3ncnc(N4CCN(C(=O)O)C[C@@H]4C)c3n2)cc1NS(=O)(=O)c1c(F)cccc1F. The third-order valence-corrected chi connectivity index (χ3v) is 8.45. The fourth-order valence-corrected chi connectivity index (χ4v) is 6.03. The molecule has 1 amide bonds. The number of aromatic nitrogens is 4. The molecule has 1 aromatic carbocycles. The van der Waals surface area contributed by atoms with Crippen LogP contribution in [0, 0.1) is 11.6 Å². The molecule has 1 atom stereocenters. The van der Waals surface area contributed by atoms with Crippen molar-refractivity contribution in [3.05, 3.63) is 60.6 Å². The molecule has 14 nitrogen and oxygen atoms in total. The molecule has 2 N–H and O–H groups in total. The van der Waals surface area contributed by atoms with E-state index in [4.69, 9.17) is 9.72 Å². The number of rotatable bonds is 6. The molecule has 274 valence electrons. The summed E-state index contributed by atoms with van der Waals surface area (Å²) in [6.07, 6.45) is -3.08. The van der Waals surface area contributed by atoms with Crippen LogP contribution in [0.5, 0.6) is 5.88 Å². The number of carbonyl (C=O) groups is 2. The van der Waals surface area contributed by atoms with Crippen LogP contribution in [0.3, 0.4) is 0 Å². The molecule has 0 bridgehead atoms. The number of benzene rings is 1. The first-order valence-corrected chi connectivity index (χ1v) is 16.4. The van der Waals surface area contributed by atoms with Crippen LogP contribution in [0.2, 0.25) is 0 Å². The summed E-state index contributed by atoms with van der Waals surface area (Å²) in [5.74, 6) is -4.26. The zero-order valence-corrected chi connectivity index (χ0v) is 28.5. The second-order valence-corrected chi connectivity index (χ2v) is 13.6. The van der Waals surface area contributed by atoms with Crippen molar-refractivity contribution in [3.63, 3.8) is 0 Å². The van der Waals surface area contributed by atoms with E-state index in [1.165, 1.54) is 51.4 Å². The van der Waals surface area contributed by atoms with E-state index in [9.17, 15) is 45.1 Å². The van der Waals surface area contributed by atoms with Gasteiger partial charge in [0.25, 0.3) is 10.0 Å². The molecule has 3 aromatic heterocycles. The summed E-state index contributed by atoms with van der Waals surface area (Å²) in [6, 6.07) is 7.30. The van der Waals surface area contributed by atoms with Gasteiger partial charge < -0.3 is 24.4 Å². The molecule has 20 heteroatoms. The third kappa shape index (κ3) is 9.24. The van der Waals surface area contributed by atoms with Crippen LogP contribution in [0.15, 0.2) is 53.8 Å². The van der Waals surface area contributed by atoms with Crippen molar-refractivity contribution in [1.82, 2.24) is 24.8 Å². The molecule has 0 aliphatic carbocycles. The highest BCUT2D eigenvalue weighted by atomic mass is 32.2. The standard InChI is InChI=1S/C25H23F2N7O5S.C6H9F3O2/c1-14-12-33(25(35)36)8-9-34(14)23-21-19(29-13-30-23)7-6-18(31-21)15-10-20(24(39-2)28-11-15)32-40(37,38)22-16(26)4-3-5-17(22)27;1-5(2,3)11-4(10)6(7,8)9/h3-7,10-11,13-14,32H,8-9,12H2,1-2H3,(H,35,36);1-3H3/t14-;/m0./s1. The van der Waals surface area contributed by atoms with E-state index < -0.39 is 50.4 Å². The Morgan fingerprint density at radius 2 is 1.69 bits per heavy atom. The minimum atomic E-state index is -4.90. The highest BCUT2D eigenvalue weighted by molar-refractivity contribution is 7.92. The molecule has 0 spiro atoms. The molecule has 51 heavy (non-hydrogen) atoms. The molecule has 1 fully saturated rings. The number of methoxy groups -OCH3 is 1. The summed E-state index contributed by atoms with van der Waals surface area (Å²) in [5, 5.41) is 9.34. The Balaban J connectivity index is 0.000000459. The number of halogens is 5. The molecule has 1 aliphatic rings. The molecule has 1 saturated heterocycles. The number of nitrogens with zero attached hydrogens (tertiary/aromatic N) is 6. The van der Waals surface area contributed by atoms with Crippen LogP contribution >= 0.6 is 0 Å². The number of carboxylic acid groups (broad SMARTS) is 1. The maximum Gasteiger partial charge on any atom is 0.490 e. The van der Waals surface area contributed by atoms with Gasteiger partial charge in [0.1, 0.15) is 34.8 Å². The van der Waals surface area contributed by atoms with E-state index >= 15 is 0 Å². The first kappa shape index (κ1) is 38.4. The van der Waals surface area contributed by atoms with Crippen molar-refractivity contribution in [3.8, 4) is 17.1 Å². The average Bonchev–Trinajstić information content (AvgIpc) is 3.03. The Labute approximate surface area is 288 Å². The Hall–Kier alpha value is -5.40. The first-order chi connectivity index (χ1) is 23.7. The van der Waals surface area contributed by atoms with Gasteiger partial charge >= 0.3 is 18.2 Å². The maximum absolute atomic E-state index is 14.2. The maximum atomic E-state index is 14.2. The van der Waals surface area contributed by atoms with Gasteiger partial charge in [0.15, 0.2) is 10.7 Å². The molecule has 4 aromatic rings. The number of hydrogen-bond donors (Lipinski definition) is 2. The first-order valence-electron chi connectivity index (χ1n) is 14.9. The number of sulfonamides is 1. The number of anilines is 2. The molecule has 1 aliphatic heterocycles. The molecule has 4 heterocycles. The van der Waals surface area contributed by atoms with Gasteiger partial charge in [-0.25, -0.2) is 46.7 Å². The fourth-order valence-electron chi connectivity index (χ4n) is 4.84. The summed E-state index contributed by atoms with van der Waals surface area (Å²) in [5.41, 5.74) is 0.488. The summed E-state index contributed by atoms with van der Waals surface area (Å²) in [6.45, 7) is 6.98. The topological polar surface area (TPSA) is 177 Å². The molecular weight excluding hydrogens is 709 g/mol.